The van der Waals surface area contributed by atoms with Crippen LogP contribution in [0.2, 0.25) is 0 Å². The summed E-state index contributed by atoms with van der Waals surface area (Å²) >= 11 is 0. The molecule has 1 aliphatic carbocycles. The SMILES string of the molecule is COC(=O)[C@@]12CCC[C@@H]1CNC2. The molecule has 0 unspecified atom stereocenters. The Morgan fingerprint density at radius 1 is 1.67 bits per heavy atom. The van der Waals surface area contributed by atoms with E-state index in [1.807, 2.05) is 0 Å². The van der Waals surface area contributed by atoms with Crippen LogP contribution in [0, 0.1) is 11.3 Å². The molecule has 2 aliphatic rings. The molecule has 1 saturated heterocycles. The lowest BCUT2D eigenvalue weighted by Gasteiger charge is -2.24. The van der Waals surface area contributed by atoms with Gasteiger partial charge in [0.1, 0.15) is 0 Å². The van der Waals surface area contributed by atoms with Crippen molar-refractivity contribution in [2.75, 3.05) is 20.2 Å². The van der Waals surface area contributed by atoms with Gasteiger partial charge < -0.3 is 10.1 Å². The molecule has 0 aromatic carbocycles. The van der Waals surface area contributed by atoms with E-state index in [-0.39, 0.29) is 11.4 Å². The van der Waals surface area contributed by atoms with E-state index >= 15 is 0 Å². The first-order valence-electron chi connectivity index (χ1n) is 4.59. The summed E-state index contributed by atoms with van der Waals surface area (Å²) in [5.41, 5.74) is -0.158. The summed E-state index contributed by atoms with van der Waals surface area (Å²) in [5, 5.41) is 3.28. The number of rotatable bonds is 1. The van der Waals surface area contributed by atoms with Crippen molar-refractivity contribution in [3.8, 4) is 0 Å². The zero-order chi connectivity index (χ0) is 8.60. The topological polar surface area (TPSA) is 38.3 Å². The quantitative estimate of drug-likeness (QED) is 0.582. The summed E-state index contributed by atoms with van der Waals surface area (Å²) in [6.45, 7) is 1.82. The Kier molecular flexibility index (Phi) is 1.83. The van der Waals surface area contributed by atoms with Crippen molar-refractivity contribution in [1.82, 2.24) is 5.32 Å². The number of nitrogens with one attached hydrogen (secondary N) is 1. The molecule has 2 fully saturated rings. The summed E-state index contributed by atoms with van der Waals surface area (Å²) in [4.78, 5) is 11.6. The second-order valence-electron chi connectivity index (χ2n) is 3.87. The average molecular weight is 169 g/mol. The van der Waals surface area contributed by atoms with Crippen molar-refractivity contribution < 1.29 is 9.53 Å². The van der Waals surface area contributed by atoms with Crippen molar-refractivity contribution in [1.29, 1.82) is 0 Å². The van der Waals surface area contributed by atoms with E-state index < -0.39 is 0 Å². The van der Waals surface area contributed by atoms with E-state index in [4.69, 9.17) is 4.74 Å². The number of ether oxygens (including phenoxy) is 1. The third kappa shape index (κ3) is 0.891. The second-order valence-corrected chi connectivity index (χ2v) is 3.87. The van der Waals surface area contributed by atoms with Crippen LogP contribution < -0.4 is 5.32 Å². The molecule has 68 valence electrons. The maximum atomic E-state index is 11.6. The van der Waals surface area contributed by atoms with Crippen molar-refractivity contribution in [3.05, 3.63) is 0 Å². The second kappa shape index (κ2) is 2.73. The van der Waals surface area contributed by atoms with E-state index in [0.717, 1.165) is 19.5 Å². The fraction of sp³-hybridized carbons (Fsp3) is 0.889. The molecule has 0 spiro atoms. The minimum Gasteiger partial charge on any atom is -0.469 e. The van der Waals surface area contributed by atoms with Crippen LogP contribution in [0.4, 0.5) is 0 Å². The predicted molar refractivity (Wildman–Crippen MR) is 44.7 cm³/mol. The van der Waals surface area contributed by atoms with Crippen molar-refractivity contribution in [3.63, 3.8) is 0 Å². The van der Waals surface area contributed by atoms with Gasteiger partial charge in [-0.1, -0.05) is 6.42 Å². The highest BCUT2D eigenvalue weighted by Gasteiger charge is 2.52. The minimum atomic E-state index is -0.158. The molecule has 3 heteroatoms. The van der Waals surface area contributed by atoms with E-state index in [1.54, 1.807) is 0 Å². The Bertz CT molecular complexity index is 193. The Balaban J connectivity index is 2.21. The van der Waals surface area contributed by atoms with Gasteiger partial charge in [-0.2, -0.15) is 0 Å². The summed E-state index contributed by atoms with van der Waals surface area (Å²) < 4.78 is 4.86. The van der Waals surface area contributed by atoms with Gasteiger partial charge in [0.15, 0.2) is 0 Å². The number of fused-ring (bicyclic) bond motifs is 1. The van der Waals surface area contributed by atoms with Gasteiger partial charge in [0, 0.05) is 6.54 Å². The van der Waals surface area contributed by atoms with Crippen molar-refractivity contribution in [2.24, 2.45) is 11.3 Å². The summed E-state index contributed by atoms with van der Waals surface area (Å²) in [7, 11) is 1.49. The normalized spacial score (nSPS) is 39.6. The molecule has 2 atom stereocenters. The van der Waals surface area contributed by atoms with E-state index in [0.29, 0.717) is 5.92 Å². The average Bonchev–Trinajstić information content (AvgIpc) is 2.60. The maximum Gasteiger partial charge on any atom is 0.313 e. The third-order valence-corrected chi connectivity index (χ3v) is 3.38. The molecule has 2 rings (SSSR count). The predicted octanol–water partition coefficient (Wildman–Crippen LogP) is 0.549. The Morgan fingerprint density at radius 3 is 3.25 bits per heavy atom. The fourth-order valence-electron chi connectivity index (χ4n) is 2.69. The molecule has 0 aromatic rings. The molecule has 0 bridgehead atoms. The molecule has 1 N–H and O–H groups in total. The lowest BCUT2D eigenvalue weighted by Crippen LogP contribution is -2.36. The van der Waals surface area contributed by atoms with Gasteiger partial charge in [-0.15, -0.1) is 0 Å². The van der Waals surface area contributed by atoms with Crippen LogP contribution in [0.1, 0.15) is 19.3 Å². The number of carbonyl (C=O) groups excluding carboxylic acids is 1. The minimum absolute atomic E-state index is 0.00463. The first-order valence-corrected chi connectivity index (χ1v) is 4.59. The standard InChI is InChI=1S/C9H15NO2/c1-12-8(11)9-4-2-3-7(9)5-10-6-9/h7,10H,2-6H2,1H3/t7-,9-/m1/s1. The van der Waals surface area contributed by atoms with E-state index in [2.05, 4.69) is 5.32 Å². The van der Waals surface area contributed by atoms with Crippen LogP contribution in [0.15, 0.2) is 0 Å². The summed E-state index contributed by atoms with van der Waals surface area (Å²) in [6.07, 6.45) is 3.38. The zero-order valence-electron chi connectivity index (χ0n) is 7.43. The van der Waals surface area contributed by atoms with Crippen LogP contribution >= 0.6 is 0 Å². The Labute approximate surface area is 72.5 Å². The van der Waals surface area contributed by atoms with Crippen LogP contribution in [0.3, 0.4) is 0 Å². The number of hydrogen-bond donors (Lipinski definition) is 1. The molecular formula is C9H15NO2. The molecule has 0 radical (unpaired) electrons. The molecule has 0 aromatic heterocycles. The first kappa shape index (κ1) is 8.05. The lowest BCUT2D eigenvalue weighted by molar-refractivity contribution is -0.153. The largest absolute Gasteiger partial charge is 0.469 e. The molecule has 1 aliphatic heterocycles. The van der Waals surface area contributed by atoms with Crippen molar-refractivity contribution in [2.45, 2.75) is 19.3 Å². The highest BCUT2D eigenvalue weighted by atomic mass is 16.5. The Morgan fingerprint density at radius 2 is 2.50 bits per heavy atom. The smallest absolute Gasteiger partial charge is 0.313 e. The maximum absolute atomic E-state index is 11.6. The molecule has 1 saturated carbocycles. The monoisotopic (exact) mass is 169 g/mol. The molecule has 1 heterocycles. The highest BCUT2D eigenvalue weighted by molar-refractivity contribution is 5.78. The van der Waals surface area contributed by atoms with E-state index in [1.165, 1.54) is 20.0 Å². The lowest BCUT2D eigenvalue weighted by atomic mass is 9.81. The number of carbonyl (C=O) groups is 1. The molecule has 12 heavy (non-hydrogen) atoms. The van der Waals surface area contributed by atoms with Gasteiger partial charge in [0.2, 0.25) is 0 Å². The number of hydrogen-bond acceptors (Lipinski definition) is 3. The van der Waals surface area contributed by atoms with E-state index in [9.17, 15) is 4.79 Å². The van der Waals surface area contributed by atoms with Crippen LogP contribution in [0.5, 0.6) is 0 Å². The molecule has 3 nitrogen and oxygen atoms in total. The highest BCUT2D eigenvalue weighted by Crippen LogP contribution is 2.46. The molecule has 0 amide bonds. The van der Waals surface area contributed by atoms with Gasteiger partial charge in [0.25, 0.3) is 0 Å². The number of methoxy groups -OCH3 is 1. The number of esters is 1. The van der Waals surface area contributed by atoms with Crippen LogP contribution in [0.25, 0.3) is 0 Å². The van der Waals surface area contributed by atoms with Gasteiger partial charge in [-0.25, -0.2) is 0 Å². The van der Waals surface area contributed by atoms with Gasteiger partial charge in [0.05, 0.1) is 12.5 Å². The fourth-order valence-corrected chi connectivity index (χ4v) is 2.69. The first-order chi connectivity index (χ1) is 5.79. The van der Waals surface area contributed by atoms with Crippen molar-refractivity contribution >= 4 is 5.97 Å². The van der Waals surface area contributed by atoms with Gasteiger partial charge >= 0.3 is 5.97 Å². The third-order valence-electron chi connectivity index (χ3n) is 3.38. The Hall–Kier alpha value is -0.570. The van der Waals surface area contributed by atoms with Gasteiger partial charge in [-0.3, -0.25) is 4.79 Å². The zero-order valence-corrected chi connectivity index (χ0v) is 7.43. The summed E-state index contributed by atoms with van der Waals surface area (Å²) in [6, 6.07) is 0. The summed E-state index contributed by atoms with van der Waals surface area (Å²) in [5.74, 6) is 0.528. The molecular weight excluding hydrogens is 154 g/mol. The van der Waals surface area contributed by atoms with Crippen LogP contribution in [-0.2, 0) is 9.53 Å². The van der Waals surface area contributed by atoms with Gasteiger partial charge in [-0.05, 0) is 25.3 Å². The van der Waals surface area contributed by atoms with Crippen LogP contribution in [-0.4, -0.2) is 26.2 Å².